The first-order valence-corrected chi connectivity index (χ1v) is 10.2. The number of hydrogen-bond donors (Lipinski definition) is 0. The Bertz CT molecular complexity index is 814. The molecule has 0 spiro atoms. The van der Waals surface area contributed by atoms with E-state index in [4.69, 9.17) is 18.9 Å². The number of nitrogens with zero attached hydrogens (tertiary/aromatic N) is 2. The maximum Gasteiger partial charge on any atom is 0.277 e. The summed E-state index contributed by atoms with van der Waals surface area (Å²) in [7, 11) is 3.10. The van der Waals surface area contributed by atoms with Gasteiger partial charge in [0.2, 0.25) is 0 Å². The van der Waals surface area contributed by atoms with Crippen LogP contribution in [0.25, 0.3) is 5.57 Å². The molecule has 1 aromatic carbocycles. The van der Waals surface area contributed by atoms with E-state index < -0.39 is 0 Å². The lowest BCUT2D eigenvalue weighted by molar-refractivity contribution is -0.138. The summed E-state index contributed by atoms with van der Waals surface area (Å²) in [5.41, 5.74) is 1.46. The molecule has 0 radical (unpaired) electrons. The van der Waals surface area contributed by atoms with Crippen LogP contribution in [0.1, 0.15) is 25.8 Å². The topological polar surface area (TPSA) is 77.5 Å². The van der Waals surface area contributed by atoms with Gasteiger partial charge >= 0.3 is 0 Å². The molecular weight excluding hydrogens is 388 g/mol. The van der Waals surface area contributed by atoms with E-state index in [1.54, 1.807) is 32.4 Å². The lowest BCUT2D eigenvalue weighted by Gasteiger charge is -2.29. The third kappa shape index (κ3) is 4.60. The van der Waals surface area contributed by atoms with Gasteiger partial charge in [0.15, 0.2) is 11.5 Å². The number of morpholine rings is 1. The Balaban J connectivity index is 1.93. The van der Waals surface area contributed by atoms with E-state index in [2.05, 4.69) is 0 Å². The summed E-state index contributed by atoms with van der Waals surface area (Å²) >= 11 is 0. The molecule has 1 aromatic rings. The van der Waals surface area contributed by atoms with Crippen LogP contribution in [0.5, 0.6) is 11.5 Å². The number of ether oxygens (including phenoxy) is 4. The second-order valence-corrected chi connectivity index (χ2v) is 7.43. The van der Waals surface area contributed by atoms with Gasteiger partial charge in [-0.3, -0.25) is 14.5 Å². The number of methoxy groups -OCH3 is 2. The molecule has 164 valence electrons. The van der Waals surface area contributed by atoms with Crippen molar-refractivity contribution in [2.45, 2.75) is 26.4 Å². The monoisotopic (exact) mass is 418 g/mol. The minimum absolute atomic E-state index is 0.111. The molecule has 2 heterocycles. The predicted octanol–water partition coefficient (Wildman–Crippen LogP) is 1.93. The molecule has 30 heavy (non-hydrogen) atoms. The summed E-state index contributed by atoms with van der Waals surface area (Å²) in [6.45, 7) is 6.89. The van der Waals surface area contributed by atoms with Gasteiger partial charge in [0.25, 0.3) is 11.8 Å². The standard InChI is InChI=1S/C22H30N2O6/c1-15(2)30-11-5-8-24-21(25)19(16-6-7-17(27-3)18(14-16)28-4)20(22(24)26)23-9-12-29-13-10-23/h6-7,14-15H,5,8-13H2,1-4H3. The van der Waals surface area contributed by atoms with Gasteiger partial charge in [-0.25, -0.2) is 0 Å². The van der Waals surface area contributed by atoms with Crippen molar-refractivity contribution >= 4 is 17.4 Å². The van der Waals surface area contributed by atoms with Crippen molar-refractivity contribution in [1.29, 1.82) is 0 Å². The van der Waals surface area contributed by atoms with Gasteiger partial charge in [-0.1, -0.05) is 6.07 Å². The molecule has 2 amide bonds. The molecule has 1 fully saturated rings. The lowest BCUT2D eigenvalue weighted by Crippen LogP contribution is -2.40. The summed E-state index contributed by atoms with van der Waals surface area (Å²) in [5.74, 6) is 0.511. The molecule has 0 atom stereocenters. The molecule has 2 aliphatic rings. The SMILES string of the molecule is COc1ccc(C2=C(N3CCOCC3)C(=O)N(CCCOC(C)C)C2=O)cc1OC. The molecule has 0 bridgehead atoms. The fraction of sp³-hybridized carbons (Fsp3) is 0.545. The van der Waals surface area contributed by atoms with Crippen molar-refractivity contribution in [3.63, 3.8) is 0 Å². The second-order valence-electron chi connectivity index (χ2n) is 7.43. The summed E-state index contributed by atoms with van der Waals surface area (Å²) in [6.07, 6.45) is 0.699. The van der Waals surface area contributed by atoms with Crippen molar-refractivity contribution in [3.8, 4) is 11.5 Å². The Morgan fingerprint density at radius 3 is 2.37 bits per heavy atom. The Morgan fingerprint density at radius 1 is 1.03 bits per heavy atom. The summed E-state index contributed by atoms with van der Waals surface area (Å²) < 4.78 is 21.7. The number of hydrogen-bond acceptors (Lipinski definition) is 7. The maximum atomic E-state index is 13.3. The smallest absolute Gasteiger partial charge is 0.277 e. The fourth-order valence-electron chi connectivity index (χ4n) is 3.64. The molecule has 0 aromatic heterocycles. The normalized spacial score (nSPS) is 17.4. The molecule has 0 saturated carbocycles. The highest BCUT2D eigenvalue weighted by Crippen LogP contribution is 2.36. The number of benzene rings is 1. The molecule has 8 nitrogen and oxygen atoms in total. The molecule has 8 heteroatoms. The molecule has 1 saturated heterocycles. The van der Waals surface area contributed by atoms with E-state index in [-0.39, 0.29) is 17.9 Å². The van der Waals surface area contributed by atoms with E-state index in [1.165, 1.54) is 4.90 Å². The zero-order chi connectivity index (χ0) is 21.7. The van der Waals surface area contributed by atoms with E-state index in [9.17, 15) is 9.59 Å². The van der Waals surface area contributed by atoms with E-state index in [1.807, 2.05) is 18.7 Å². The first-order valence-electron chi connectivity index (χ1n) is 10.2. The number of imide groups is 1. The van der Waals surface area contributed by atoms with Gasteiger partial charge < -0.3 is 23.8 Å². The van der Waals surface area contributed by atoms with Crippen LogP contribution in [0.4, 0.5) is 0 Å². The molecule has 0 N–H and O–H groups in total. The minimum atomic E-state index is -0.293. The number of rotatable bonds is 9. The predicted molar refractivity (Wildman–Crippen MR) is 111 cm³/mol. The van der Waals surface area contributed by atoms with Crippen LogP contribution in [0, 0.1) is 0 Å². The van der Waals surface area contributed by atoms with Gasteiger partial charge in [-0.05, 0) is 38.0 Å². The van der Waals surface area contributed by atoms with Crippen molar-refractivity contribution in [2.24, 2.45) is 0 Å². The van der Waals surface area contributed by atoms with Crippen molar-refractivity contribution in [2.75, 3.05) is 53.7 Å². The van der Waals surface area contributed by atoms with Crippen LogP contribution in [0.3, 0.4) is 0 Å². The van der Waals surface area contributed by atoms with Crippen LogP contribution in [-0.4, -0.2) is 81.4 Å². The summed E-state index contributed by atoms with van der Waals surface area (Å²) in [5, 5.41) is 0. The van der Waals surface area contributed by atoms with E-state index >= 15 is 0 Å². The Morgan fingerprint density at radius 2 is 1.73 bits per heavy atom. The largest absolute Gasteiger partial charge is 0.493 e. The van der Waals surface area contributed by atoms with E-state index in [0.29, 0.717) is 74.2 Å². The van der Waals surface area contributed by atoms with Crippen molar-refractivity contribution < 1.29 is 28.5 Å². The highest BCUT2D eigenvalue weighted by Gasteiger charge is 2.41. The molecule has 3 rings (SSSR count). The van der Waals surface area contributed by atoms with Crippen LogP contribution in [0.15, 0.2) is 23.9 Å². The second kappa shape index (κ2) is 9.95. The highest BCUT2D eigenvalue weighted by molar-refractivity contribution is 6.35. The van der Waals surface area contributed by atoms with Crippen molar-refractivity contribution in [3.05, 3.63) is 29.5 Å². The number of amides is 2. The summed E-state index contributed by atoms with van der Waals surface area (Å²) in [6, 6.07) is 5.27. The molecular formula is C22H30N2O6. The van der Waals surface area contributed by atoms with Gasteiger partial charge in [-0.15, -0.1) is 0 Å². The Hall–Kier alpha value is -2.58. The van der Waals surface area contributed by atoms with E-state index in [0.717, 1.165) is 0 Å². The number of carbonyl (C=O) groups excluding carboxylic acids is 2. The van der Waals surface area contributed by atoms with Gasteiger partial charge in [0, 0.05) is 26.2 Å². The third-order valence-electron chi connectivity index (χ3n) is 5.12. The van der Waals surface area contributed by atoms with Crippen molar-refractivity contribution in [1.82, 2.24) is 9.80 Å². The average Bonchev–Trinajstić information content (AvgIpc) is 3.01. The van der Waals surface area contributed by atoms with Gasteiger partial charge in [0.1, 0.15) is 5.70 Å². The quantitative estimate of drug-likeness (QED) is 0.448. The zero-order valence-electron chi connectivity index (χ0n) is 18.1. The Labute approximate surface area is 177 Å². The lowest BCUT2D eigenvalue weighted by atomic mass is 10.0. The minimum Gasteiger partial charge on any atom is -0.493 e. The van der Waals surface area contributed by atoms with Gasteiger partial charge in [0.05, 0.1) is 39.1 Å². The first-order chi connectivity index (χ1) is 14.5. The molecule has 2 aliphatic heterocycles. The first kappa shape index (κ1) is 22.1. The van der Waals surface area contributed by atoms with Crippen LogP contribution in [-0.2, 0) is 19.1 Å². The zero-order valence-corrected chi connectivity index (χ0v) is 18.1. The third-order valence-corrected chi connectivity index (χ3v) is 5.12. The summed E-state index contributed by atoms with van der Waals surface area (Å²) in [4.78, 5) is 29.9. The van der Waals surface area contributed by atoms with Crippen LogP contribution in [0.2, 0.25) is 0 Å². The molecule has 0 aliphatic carbocycles. The Kier molecular flexibility index (Phi) is 7.33. The number of carbonyl (C=O) groups is 2. The molecule has 0 unspecified atom stereocenters. The van der Waals surface area contributed by atoms with Gasteiger partial charge in [-0.2, -0.15) is 0 Å². The maximum absolute atomic E-state index is 13.3. The van der Waals surface area contributed by atoms with Crippen LogP contribution < -0.4 is 9.47 Å². The highest BCUT2D eigenvalue weighted by atomic mass is 16.5. The fourth-order valence-corrected chi connectivity index (χ4v) is 3.64. The van der Waals surface area contributed by atoms with Crippen LogP contribution >= 0.6 is 0 Å². The average molecular weight is 418 g/mol.